The Kier molecular flexibility index (Phi) is 5.00. The fourth-order valence-corrected chi connectivity index (χ4v) is 3.78. The lowest BCUT2D eigenvalue weighted by molar-refractivity contribution is -0.116. The number of nitrogens with zero attached hydrogens (tertiary/aromatic N) is 4. The number of hydrogen-bond acceptors (Lipinski definition) is 4. The van der Waals surface area contributed by atoms with Gasteiger partial charge in [0.05, 0.1) is 30.5 Å². The van der Waals surface area contributed by atoms with Crippen LogP contribution in [0.1, 0.15) is 44.6 Å². The molecule has 7 heteroatoms. The molecule has 7 nitrogen and oxygen atoms in total. The number of benzene rings is 1. The fraction of sp³-hybridized carbons (Fsp3) is 0.400. The molecule has 0 bridgehead atoms. The van der Waals surface area contributed by atoms with Crippen LogP contribution in [0, 0.1) is 0 Å². The summed E-state index contributed by atoms with van der Waals surface area (Å²) < 4.78 is 3.65. The monoisotopic (exact) mass is 365 g/mol. The number of fused-ring (bicyclic) bond motifs is 1. The molecule has 0 aliphatic heterocycles. The van der Waals surface area contributed by atoms with E-state index >= 15 is 0 Å². The van der Waals surface area contributed by atoms with Gasteiger partial charge in [-0.1, -0.05) is 31.4 Å². The summed E-state index contributed by atoms with van der Waals surface area (Å²) in [5.41, 5.74) is 0.632. The highest BCUT2D eigenvalue weighted by Crippen LogP contribution is 2.29. The molecule has 1 aliphatic rings. The van der Waals surface area contributed by atoms with Crippen LogP contribution >= 0.6 is 0 Å². The predicted octanol–water partition coefficient (Wildman–Crippen LogP) is 3.13. The molecule has 0 atom stereocenters. The lowest BCUT2D eigenvalue weighted by Crippen LogP contribution is -2.21. The minimum atomic E-state index is -0.109. The predicted molar refractivity (Wildman–Crippen MR) is 104 cm³/mol. The maximum Gasteiger partial charge on any atom is 0.227 e. The van der Waals surface area contributed by atoms with Crippen LogP contribution in [0.2, 0.25) is 0 Å². The van der Waals surface area contributed by atoms with Crippen molar-refractivity contribution in [3.05, 3.63) is 52.9 Å². The molecule has 1 aliphatic carbocycles. The zero-order chi connectivity index (χ0) is 18.6. The molecule has 1 N–H and O–H groups in total. The third-order valence-electron chi connectivity index (χ3n) is 5.17. The van der Waals surface area contributed by atoms with E-state index in [1.165, 1.54) is 25.5 Å². The average molecular weight is 365 g/mol. The quantitative estimate of drug-likeness (QED) is 0.753. The highest BCUT2D eigenvalue weighted by atomic mass is 16.1. The Morgan fingerprint density at radius 2 is 1.93 bits per heavy atom. The second-order valence-corrected chi connectivity index (χ2v) is 7.00. The Morgan fingerprint density at radius 1 is 1.11 bits per heavy atom. The molecule has 4 rings (SSSR count). The van der Waals surface area contributed by atoms with Gasteiger partial charge in [-0.15, -0.1) is 0 Å². The van der Waals surface area contributed by atoms with E-state index in [1.54, 1.807) is 16.9 Å². The van der Waals surface area contributed by atoms with Gasteiger partial charge < -0.3 is 5.32 Å². The van der Waals surface area contributed by atoms with Crippen molar-refractivity contribution in [2.75, 3.05) is 5.32 Å². The minimum absolute atomic E-state index is 0.0860. The molecule has 2 heterocycles. The van der Waals surface area contributed by atoms with E-state index in [0.717, 1.165) is 24.2 Å². The third-order valence-corrected chi connectivity index (χ3v) is 5.17. The van der Waals surface area contributed by atoms with E-state index in [2.05, 4.69) is 15.5 Å². The van der Waals surface area contributed by atoms with Crippen LogP contribution in [0.25, 0.3) is 10.9 Å². The average Bonchev–Trinajstić information content (AvgIpc) is 3.16. The van der Waals surface area contributed by atoms with Crippen molar-refractivity contribution < 1.29 is 4.79 Å². The number of rotatable bonds is 5. The second-order valence-electron chi connectivity index (χ2n) is 7.00. The molecule has 0 radical (unpaired) electrons. The van der Waals surface area contributed by atoms with Gasteiger partial charge in [-0.2, -0.15) is 10.2 Å². The highest BCUT2D eigenvalue weighted by molar-refractivity contribution is 5.90. The SMILES string of the molecule is O=C(CCn1ncc(=O)c2ccccc21)Nc1ccnn1C1CCCCC1. The van der Waals surface area contributed by atoms with Crippen LogP contribution in [0.3, 0.4) is 0 Å². The number of para-hydroxylation sites is 1. The lowest BCUT2D eigenvalue weighted by Gasteiger charge is -2.23. The molecular formula is C20H23N5O2. The van der Waals surface area contributed by atoms with E-state index < -0.39 is 0 Å². The van der Waals surface area contributed by atoms with Crippen molar-refractivity contribution >= 4 is 22.6 Å². The molecule has 3 aromatic rings. The summed E-state index contributed by atoms with van der Waals surface area (Å²) in [6.07, 6.45) is 9.23. The van der Waals surface area contributed by atoms with Crippen LogP contribution < -0.4 is 10.7 Å². The number of aryl methyl sites for hydroxylation is 1. The number of hydrogen-bond donors (Lipinski definition) is 1. The molecule has 0 saturated heterocycles. The van der Waals surface area contributed by atoms with Crippen molar-refractivity contribution in [3.8, 4) is 0 Å². The fourth-order valence-electron chi connectivity index (χ4n) is 3.78. The summed E-state index contributed by atoms with van der Waals surface area (Å²) >= 11 is 0. The van der Waals surface area contributed by atoms with Gasteiger partial charge in [0.25, 0.3) is 0 Å². The Bertz CT molecular complexity index is 1000. The minimum Gasteiger partial charge on any atom is -0.311 e. The van der Waals surface area contributed by atoms with Crippen molar-refractivity contribution in [3.63, 3.8) is 0 Å². The van der Waals surface area contributed by atoms with Gasteiger partial charge in [0.2, 0.25) is 11.3 Å². The zero-order valence-electron chi connectivity index (χ0n) is 15.2. The highest BCUT2D eigenvalue weighted by Gasteiger charge is 2.19. The van der Waals surface area contributed by atoms with Crippen LogP contribution in [-0.2, 0) is 11.3 Å². The Labute approximate surface area is 157 Å². The standard InChI is InChI=1S/C20H23N5O2/c26-18-14-22-24(17-9-5-4-8-16(17)18)13-11-20(27)23-19-10-12-21-25(19)15-6-2-1-3-7-15/h4-5,8-10,12,14-15H,1-3,6-7,11,13H2,(H,23,27). The molecule has 0 unspecified atom stereocenters. The van der Waals surface area contributed by atoms with Gasteiger partial charge in [0.15, 0.2) is 0 Å². The van der Waals surface area contributed by atoms with Gasteiger partial charge in [0.1, 0.15) is 5.82 Å². The van der Waals surface area contributed by atoms with Crippen molar-refractivity contribution in [2.45, 2.75) is 51.1 Å². The number of nitrogens with one attached hydrogen (secondary N) is 1. The first kappa shape index (κ1) is 17.5. The molecule has 1 amide bonds. The summed E-state index contributed by atoms with van der Waals surface area (Å²) in [7, 11) is 0. The van der Waals surface area contributed by atoms with Crippen molar-refractivity contribution in [2.24, 2.45) is 0 Å². The van der Waals surface area contributed by atoms with Crippen molar-refractivity contribution in [1.82, 2.24) is 19.6 Å². The van der Waals surface area contributed by atoms with Crippen LogP contribution in [0.4, 0.5) is 5.82 Å². The Morgan fingerprint density at radius 3 is 2.78 bits per heavy atom. The Balaban J connectivity index is 1.43. The molecule has 27 heavy (non-hydrogen) atoms. The van der Waals surface area contributed by atoms with E-state index in [9.17, 15) is 9.59 Å². The molecule has 2 aromatic heterocycles. The number of aromatic nitrogens is 4. The van der Waals surface area contributed by atoms with Gasteiger partial charge in [-0.25, -0.2) is 4.68 Å². The number of amides is 1. The van der Waals surface area contributed by atoms with Crippen LogP contribution in [0.5, 0.6) is 0 Å². The van der Waals surface area contributed by atoms with Gasteiger partial charge in [-0.05, 0) is 25.0 Å². The number of carbonyl (C=O) groups is 1. The van der Waals surface area contributed by atoms with E-state index in [4.69, 9.17) is 0 Å². The molecule has 0 spiro atoms. The summed E-state index contributed by atoms with van der Waals surface area (Å²) in [6.45, 7) is 0.407. The van der Waals surface area contributed by atoms with Gasteiger partial charge in [0, 0.05) is 17.9 Å². The number of anilines is 1. The van der Waals surface area contributed by atoms with E-state index in [0.29, 0.717) is 18.0 Å². The van der Waals surface area contributed by atoms with Gasteiger partial charge >= 0.3 is 0 Å². The first-order valence-corrected chi connectivity index (χ1v) is 9.50. The maximum atomic E-state index is 12.5. The number of carbonyl (C=O) groups excluding carboxylic acids is 1. The van der Waals surface area contributed by atoms with E-state index in [-0.39, 0.29) is 17.8 Å². The van der Waals surface area contributed by atoms with E-state index in [1.807, 2.05) is 28.9 Å². The van der Waals surface area contributed by atoms with Crippen LogP contribution in [-0.4, -0.2) is 25.5 Å². The first-order chi connectivity index (χ1) is 13.2. The summed E-state index contributed by atoms with van der Waals surface area (Å²) in [5.74, 6) is 0.668. The largest absolute Gasteiger partial charge is 0.311 e. The summed E-state index contributed by atoms with van der Waals surface area (Å²) in [6, 6.07) is 9.53. The maximum absolute atomic E-state index is 12.5. The Hall–Kier alpha value is -2.96. The van der Waals surface area contributed by atoms with Crippen LogP contribution in [0.15, 0.2) is 47.5 Å². The molecular weight excluding hydrogens is 342 g/mol. The molecule has 1 aromatic carbocycles. The molecule has 1 saturated carbocycles. The van der Waals surface area contributed by atoms with Crippen molar-refractivity contribution in [1.29, 1.82) is 0 Å². The second kappa shape index (κ2) is 7.73. The first-order valence-electron chi connectivity index (χ1n) is 9.50. The smallest absolute Gasteiger partial charge is 0.227 e. The normalized spacial score (nSPS) is 15.1. The zero-order valence-corrected chi connectivity index (χ0v) is 15.2. The summed E-state index contributed by atoms with van der Waals surface area (Å²) in [5, 5.41) is 12.2. The lowest BCUT2D eigenvalue weighted by atomic mass is 9.96. The summed E-state index contributed by atoms with van der Waals surface area (Å²) in [4.78, 5) is 24.4. The topological polar surface area (TPSA) is 81.8 Å². The molecule has 1 fully saturated rings. The third kappa shape index (κ3) is 3.77. The molecule has 140 valence electrons. The van der Waals surface area contributed by atoms with Gasteiger partial charge in [-0.3, -0.25) is 14.3 Å².